The van der Waals surface area contributed by atoms with E-state index in [0.717, 1.165) is 37.1 Å². The van der Waals surface area contributed by atoms with Crippen LogP contribution in [0.5, 0.6) is 5.75 Å². The van der Waals surface area contributed by atoms with Crippen molar-refractivity contribution in [1.29, 1.82) is 0 Å². The zero-order valence-electron chi connectivity index (χ0n) is 13.4. The van der Waals surface area contributed by atoms with Crippen LogP contribution in [0.1, 0.15) is 37.4 Å². The lowest BCUT2D eigenvalue weighted by molar-refractivity contribution is -0.121. The normalized spacial score (nSPS) is 19.2. The fourth-order valence-corrected chi connectivity index (χ4v) is 3.39. The van der Waals surface area contributed by atoms with Crippen molar-refractivity contribution in [3.63, 3.8) is 0 Å². The minimum atomic E-state index is -0.455. The molecule has 7 nitrogen and oxygen atoms in total. The fraction of sp³-hybridized carbons (Fsp3) is 0.471. The van der Waals surface area contributed by atoms with Gasteiger partial charge in [-0.25, -0.2) is 0 Å². The van der Waals surface area contributed by atoms with E-state index in [1.807, 2.05) is 24.3 Å². The monoisotopic (exact) mass is 328 g/mol. The first kappa shape index (κ1) is 15.1. The van der Waals surface area contributed by atoms with Crippen molar-refractivity contribution >= 4 is 11.6 Å². The highest BCUT2D eigenvalue weighted by Crippen LogP contribution is 2.35. The average Bonchev–Trinajstić information content (AvgIpc) is 3.24. The standard InChI is InChI=1S/C17H20N4O3/c18-17(8-3-4-9-17)16-19-14(24-20-16)7-10-21-12-5-1-2-6-13(12)23-11-15(21)22/h1-2,5-6H,3-4,7-11,18H2. The molecule has 0 atom stereocenters. The second kappa shape index (κ2) is 5.90. The van der Waals surface area contributed by atoms with Crippen LogP contribution < -0.4 is 15.4 Å². The van der Waals surface area contributed by atoms with Crippen molar-refractivity contribution in [2.75, 3.05) is 18.1 Å². The molecule has 1 fully saturated rings. The molecule has 1 aliphatic carbocycles. The number of para-hydroxylation sites is 2. The minimum absolute atomic E-state index is 0.0536. The Morgan fingerprint density at radius 1 is 1.25 bits per heavy atom. The topological polar surface area (TPSA) is 94.5 Å². The number of aromatic nitrogens is 2. The quantitative estimate of drug-likeness (QED) is 0.919. The van der Waals surface area contributed by atoms with Crippen molar-refractivity contribution < 1.29 is 14.1 Å². The van der Waals surface area contributed by atoms with E-state index < -0.39 is 5.54 Å². The summed E-state index contributed by atoms with van der Waals surface area (Å²) < 4.78 is 10.8. The molecule has 2 aromatic rings. The van der Waals surface area contributed by atoms with Gasteiger partial charge in [-0.3, -0.25) is 4.79 Å². The van der Waals surface area contributed by atoms with E-state index in [4.69, 9.17) is 15.0 Å². The predicted molar refractivity (Wildman–Crippen MR) is 86.6 cm³/mol. The molecule has 1 aromatic heterocycles. The van der Waals surface area contributed by atoms with Gasteiger partial charge in [-0.15, -0.1) is 0 Å². The number of carbonyl (C=O) groups excluding carboxylic acids is 1. The Morgan fingerprint density at radius 3 is 2.88 bits per heavy atom. The summed E-state index contributed by atoms with van der Waals surface area (Å²) in [7, 11) is 0. The number of amides is 1. The van der Waals surface area contributed by atoms with Crippen LogP contribution in [0.15, 0.2) is 28.8 Å². The van der Waals surface area contributed by atoms with E-state index in [1.54, 1.807) is 4.90 Å². The Hall–Kier alpha value is -2.41. The Labute approximate surface area is 139 Å². The highest BCUT2D eigenvalue weighted by atomic mass is 16.5. The number of benzene rings is 1. The van der Waals surface area contributed by atoms with E-state index in [9.17, 15) is 4.79 Å². The number of hydrogen-bond donors (Lipinski definition) is 1. The van der Waals surface area contributed by atoms with Crippen LogP contribution in [0.25, 0.3) is 0 Å². The third-order valence-corrected chi connectivity index (χ3v) is 4.77. The number of anilines is 1. The van der Waals surface area contributed by atoms with Crippen molar-refractivity contribution in [3.8, 4) is 5.75 Å². The predicted octanol–water partition coefficient (Wildman–Crippen LogP) is 1.77. The molecule has 1 amide bonds. The van der Waals surface area contributed by atoms with Crippen LogP contribution in [-0.4, -0.2) is 29.2 Å². The van der Waals surface area contributed by atoms with Gasteiger partial charge in [0, 0.05) is 13.0 Å². The van der Waals surface area contributed by atoms with E-state index in [2.05, 4.69) is 10.1 Å². The zero-order valence-corrected chi connectivity index (χ0v) is 13.4. The van der Waals surface area contributed by atoms with E-state index in [0.29, 0.717) is 24.7 Å². The van der Waals surface area contributed by atoms with Crippen LogP contribution in [-0.2, 0) is 16.8 Å². The molecule has 1 saturated carbocycles. The van der Waals surface area contributed by atoms with Gasteiger partial charge in [0.05, 0.1) is 11.2 Å². The number of carbonyl (C=O) groups is 1. The lowest BCUT2D eigenvalue weighted by Crippen LogP contribution is -2.40. The summed E-state index contributed by atoms with van der Waals surface area (Å²) in [6.07, 6.45) is 4.46. The third-order valence-electron chi connectivity index (χ3n) is 4.77. The summed E-state index contributed by atoms with van der Waals surface area (Å²) in [4.78, 5) is 18.3. The lowest BCUT2D eigenvalue weighted by atomic mass is 9.99. The van der Waals surface area contributed by atoms with E-state index in [-0.39, 0.29) is 12.5 Å². The number of hydrogen-bond acceptors (Lipinski definition) is 6. The molecule has 1 aliphatic heterocycles. The van der Waals surface area contributed by atoms with Crippen LogP contribution >= 0.6 is 0 Å². The molecule has 1 aromatic carbocycles. The molecule has 7 heteroatoms. The second-order valence-electron chi connectivity index (χ2n) is 6.43. The molecule has 4 rings (SSSR count). The minimum Gasteiger partial charge on any atom is -0.482 e. The maximum Gasteiger partial charge on any atom is 0.265 e. The molecular weight excluding hydrogens is 308 g/mol. The Balaban J connectivity index is 1.48. The molecule has 0 unspecified atom stereocenters. The SMILES string of the molecule is NC1(c2noc(CCN3C(=O)COc4ccccc43)n2)CCCC1. The number of ether oxygens (including phenoxy) is 1. The van der Waals surface area contributed by atoms with Gasteiger partial charge in [0.25, 0.3) is 5.91 Å². The molecular formula is C17H20N4O3. The molecule has 0 spiro atoms. The van der Waals surface area contributed by atoms with E-state index in [1.165, 1.54) is 0 Å². The first-order valence-electron chi connectivity index (χ1n) is 8.30. The van der Waals surface area contributed by atoms with Gasteiger partial charge in [-0.2, -0.15) is 4.98 Å². The molecule has 0 radical (unpaired) electrons. The second-order valence-corrected chi connectivity index (χ2v) is 6.43. The maximum absolute atomic E-state index is 12.2. The largest absolute Gasteiger partial charge is 0.482 e. The molecule has 24 heavy (non-hydrogen) atoms. The van der Waals surface area contributed by atoms with Crippen LogP contribution in [0, 0.1) is 0 Å². The Kier molecular flexibility index (Phi) is 3.72. The Bertz CT molecular complexity index is 752. The molecule has 2 N–H and O–H groups in total. The molecule has 2 heterocycles. The summed E-state index contributed by atoms with van der Waals surface area (Å²) in [5.74, 6) is 1.75. The number of nitrogens with zero attached hydrogens (tertiary/aromatic N) is 3. The van der Waals surface area contributed by atoms with Gasteiger partial charge in [-0.05, 0) is 25.0 Å². The van der Waals surface area contributed by atoms with Gasteiger partial charge in [-0.1, -0.05) is 30.1 Å². The third kappa shape index (κ3) is 2.65. The molecule has 2 aliphatic rings. The van der Waals surface area contributed by atoms with Crippen molar-refractivity contribution in [2.45, 2.75) is 37.6 Å². The van der Waals surface area contributed by atoms with Crippen LogP contribution in [0.2, 0.25) is 0 Å². The highest BCUT2D eigenvalue weighted by Gasteiger charge is 2.36. The first-order valence-corrected chi connectivity index (χ1v) is 8.30. The van der Waals surface area contributed by atoms with Crippen LogP contribution in [0.4, 0.5) is 5.69 Å². The van der Waals surface area contributed by atoms with Crippen LogP contribution in [0.3, 0.4) is 0 Å². The van der Waals surface area contributed by atoms with Gasteiger partial charge in [0.1, 0.15) is 5.75 Å². The van der Waals surface area contributed by atoms with Gasteiger partial charge < -0.3 is 19.9 Å². The average molecular weight is 328 g/mol. The van der Waals surface area contributed by atoms with Gasteiger partial charge in [0.2, 0.25) is 5.89 Å². The van der Waals surface area contributed by atoms with Crippen molar-refractivity contribution in [1.82, 2.24) is 10.1 Å². The molecule has 0 saturated heterocycles. The lowest BCUT2D eigenvalue weighted by Gasteiger charge is -2.28. The van der Waals surface area contributed by atoms with Gasteiger partial charge in [0.15, 0.2) is 12.4 Å². The summed E-state index contributed by atoms with van der Waals surface area (Å²) in [6.45, 7) is 0.524. The summed E-state index contributed by atoms with van der Waals surface area (Å²) in [6, 6.07) is 7.51. The fourth-order valence-electron chi connectivity index (χ4n) is 3.39. The van der Waals surface area contributed by atoms with Crippen molar-refractivity contribution in [3.05, 3.63) is 36.0 Å². The molecule has 126 valence electrons. The van der Waals surface area contributed by atoms with E-state index >= 15 is 0 Å². The highest BCUT2D eigenvalue weighted by molar-refractivity contribution is 5.97. The number of rotatable bonds is 4. The summed E-state index contributed by atoms with van der Waals surface area (Å²) >= 11 is 0. The molecule has 0 bridgehead atoms. The number of fused-ring (bicyclic) bond motifs is 1. The maximum atomic E-state index is 12.2. The summed E-state index contributed by atoms with van der Waals surface area (Å²) in [5, 5.41) is 4.06. The van der Waals surface area contributed by atoms with Gasteiger partial charge >= 0.3 is 0 Å². The number of nitrogens with two attached hydrogens (primary N) is 1. The smallest absolute Gasteiger partial charge is 0.265 e. The summed E-state index contributed by atoms with van der Waals surface area (Å²) in [5.41, 5.74) is 6.67. The zero-order chi connectivity index (χ0) is 16.6. The Morgan fingerprint density at radius 2 is 2.04 bits per heavy atom. The van der Waals surface area contributed by atoms with Crippen molar-refractivity contribution in [2.24, 2.45) is 5.73 Å². The first-order chi connectivity index (χ1) is 11.7.